The molecular weight excluding hydrogens is 417 g/mol. The van der Waals surface area contributed by atoms with Crippen LogP contribution in [0.1, 0.15) is 43.7 Å². The van der Waals surface area contributed by atoms with Gasteiger partial charge in [0.2, 0.25) is 5.91 Å². The number of rotatable bonds is 15. The van der Waals surface area contributed by atoms with E-state index in [2.05, 4.69) is 21.5 Å². The molecule has 1 aliphatic rings. The monoisotopic (exact) mass is 451 g/mol. The Hall–Kier alpha value is -2.72. The van der Waals surface area contributed by atoms with Crippen LogP contribution in [0.3, 0.4) is 0 Å². The van der Waals surface area contributed by atoms with E-state index in [-0.39, 0.29) is 24.2 Å². The zero-order valence-electron chi connectivity index (χ0n) is 18.8. The van der Waals surface area contributed by atoms with Crippen LogP contribution in [0.25, 0.3) is 0 Å². The summed E-state index contributed by atoms with van der Waals surface area (Å²) in [6, 6.07) is 3.46. The van der Waals surface area contributed by atoms with Crippen molar-refractivity contribution in [2.45, 2.75) is 38.1 Å². The third-order valence-corrected chi connectivity index (χ3v) is 5.24. The molecule has 1 unspecified atom stereocenters. The number of ether oxygens (including phenoxy) is 1. The van der Waals surface area contributed by atoms with Gasteiger partial charge in [0.1, 0.15) is 12.3 Å². The van der Waals surface area contributed by atoms with Gasteiger partial charge in [-0.3, -0.25) is 10.2 Å². The molecule has 32 heavy (non-hydrogen) atoms. The van der Waals surface area contributed by atoms with Crippen LogP contribution in [0.2, 0.25) is 0 Å². The molecule has 0 heterocycles. The number of halogens is 1. The topological polar surface area (TPSA) is 112 Å². The highest BCUT2D eigenvalue weighted by molar-refractivity contribution is 5.83. The van der Waals surface area contributed by atoms with Crippen molar-refractivity contribution >= 4 is 18.2 Å². The van der Waals surface area contributed by atoms with Gasteiger partial charge in [-0.15, -0.1) is 0 Å². The lowest BCUT2D eigenvalue weighted by atomic mass is 10.1. The number of hydrogen-bond donors (Lipinski definition) is 4. The van der Waals surface area contributed by atoms with Crippen LogP contribution in [0.4, 0.5) is 9.18 Å². The van der Waals surface area contributed by atoms with E-state index in [1.54, 1.807) is 19.2 Å². The molecule has 2 rings (SSSR count). The van der Waals surface area contributed by atoms with Crippen molar-refractivity contribution in [3.8, 4) is 5.75 Å². The highest BCUT2D eigenvalue weighted by atomic mass is 19.1. The minimum absolute atomic E-state index is 0.0668. The Labute approximate surface area is 188 Å². The van der Waals surface area contributed by atoms with Gasteiger partial charge in [-0.2, -0.15) is 0 Å². The molecule has 1 aromatic rings. The van der Waals surface area contributed by atoms with Crippen LogP contribution in [0, 0.1) is 11.7 Å². The van der Waals surface area contributed by atoms with Crippen LogP contribution < -0.4 is 26.2 Å². The number of carbonyl (C=O) groups excluding carboxylic acids is 3. The molecule has 1 atom stereocenters. The fraction of sp³-hybridized carbons (Fsp3) is 0.591. The minimum Gasteiger partial charge on any atom is -0.490 e. The molecule has 9 nitrogen and oxygen atoms in total. The Morgan fingerprint density at radius 2 is 2.00 bits per heavy atom. The van der Waals surface area contributed by atoms with Gasteiger partial charge in [0.15, 0.2) is 11.6 Å². The number of likely N-dealkylation sites (N-methyl/N-ethyl adjacent to an activating group) is 1. The number of benzene rings is 1. The number of nitrogens with one attached hydrogen (secondary N) is 4. The number of hydrogen-bond acceptors (Lipinski definition) is 6. The van der Waals surface area contributed by atoms with Crippen LogP contribution in [-0.4, -0.2) is 63.5 Å². The third kappa shape index (κ3) is 8.43. The number of carbonyl (C=O) groups is 3. The smallest absolute Gasteiger partial charge is 0.317 e. The average molecular weight is 452 g/mol. The Balaban J connectivity index is 1.79. The summed E-state index contributed by atoms with van der Waals surface area (Å²) in [5.41, 5.74) is 6.64. The minimum atomic E-state index is -0.708. The lowest BCUT2D eigenvalue weighted by Gasteiger charge is -2.20. The zero-order valence-corrected chi connectivity index (χ0v) is 18.8. The maximum atomic E-state index is 14.1. The van der Waals surface area contributed by atoms with Gasteiger partial charge >= 0.3 is 6.03 Å². The predicted octanol–water partition coefficient (Wildman–Crippen LogP) is 1.51. The molecule has 0 bridgehead atoms. The molecule has 10 heteroatoms. The fourth-order valence-electron chi connectivity index (χ4n) is 3.14. The van der Waals surface area contributed by atoms with E-state index in [4.69, 9.17) is 4.74 Å². The van der Waals surface area contributed by atoms with Crippen molar-refractivity contribution < 1.29 is 23.5 Å². The molecule has 1 saturated carbocycles. The van der Waals surface area contributed by atoms with Crippen LogP contribution in [0.5, 0.6) is 5.75 Å². The van der Waals surface area contributed by atoms with Crippen molar-refractivity contribution in [2.24, 2.45) is 5.92 Å². The van der Waals surface area contributed by atoms with Crippen molar-refractivity contribution in [1.29, 1.82) is 0 Å². The zero-order chi connectivity index (χ0) is 23.3. The molecule has 1 aromatic carbocycles. The molecule has 0 aromatic heterocycles. The second kappa shape index (κ2) is 13.6. The lowest BCUT2D eigenvalue weighted by Crippen LogP contribution is -2.43. The van der Waals surface area contributed by atoms with E-state index in [1.807, 2.05) is 0 Å². The first-order valence-corrected chi connectivity index (χ1v) is 11.0. The molecule has 0 aliphatic heterocycles. The number of aldehydes is 1. The van der Waals surface area contributed by atoms with Crippen molar-refractivity contribution in [2.75, 3.05) is 40.3 Å². The quantitative estimate of drug-likeness (QED) is 0.183. The summed E-state index contributed by atoms with van der Waals surface area (Å²) in [5.74, 6) is -0.0544. The summed E-state index contributed by atoms with van der Waals surface area (Å²) < 4.78 is 19.7. The summed E-state index contributed by atoms with van der Waals surface area (Å²) in [6.07, 6.45) is 5.30. The number of nitrogens with zero attached hydrogens (tertiary/aromatic N) is 1. The molecule has 1 aliphatic carbocycles. The van der Waals surface area contributed by atoms with E-state index in [0.29, 0.717) is 37.5 Å². The number of amides is 3. The van der Waals surface area contributed by atoms with Gasteiger partial charge in [-0.05, 0) is 49.3 Å². The van der Waals surface area contributed by atoms with E-state index in [9.17, 15) is 18.8 Å². The second-order valence-corrected chi connectivity index (χ2v) is 7.79. The molecular formula is C22H34FN5O4. The normalized spacial score (nSPS) is 13.8. The fourth-order valence-corrected chi connectivity index (χ4v) is 3.14. The highest BCUT2D eigenvalue weighted by Gasteiger charge is 2.24. The van der Waals surface area contributed by atoms with Crippen LogP contribution in [0.15, 0.2) is 18.2 Å². The van der Waals surface area contributed by atoms with Gasteiger partial charge in [-0.25, -0.2) is 14.6 Å². The standard InChI is InChI=1S/C22H34FN5O4/c1-24-21(30)20(17-8-9-18(23)19(14-17)32-15-16-6-7-16)27-26-10-4-3-5-11-28(12-13-29)22(31)25-2/h8-9,13-14,16,20,26-27H,3-7,10-12,15H2,1-2H3,(H,24,30)(H,25,31). The first-order chi connectivity index (χ1) is 15.5. The van der Waals surface area contributed by atoms with E-state index in [0.717, 1.165) is 32.1 Å². The number of hydrazine groups is 1. The molecule has 1 fully saturated rings. The van der Waals surface area contributed by atoms with Gasteiger partial charge in [-0.1, -0.05) is 12.5 Å². The summed E-state index contributed by atoms with van der Waals surface area (Å²) in [5, 5.41) is 5.13. The Morgan fingerprint density at radius 3 is 2.66 bits per heavy atom. The predicted molar refractivity (Wildman–Crippen MR) is 119 cm³/mol. The Bertz CT molecular complexity index is 760. The van der Waals surface area contributed by atoms with Gasteiger partial charge in [0, 0.05) is 27.2 Å². The summed E-state index contributed by atoms with van der Waals surface area (Å²) in [6.45, 7) is 1.64. The van der Waals surface area contributed by atoms with Gasteiger partial charge < -0.3 is 25.1 Å². The van der Waals surface area contributed by atoms with Gasteiger partial charge in [0.05, 0.1) is 13.2 Å². The Morgan fingerprint density at radius 1 is 1.22 bits per heavy atom. The van der Waals surface area contributed by atoms with Crippen LogP contribution >= 0.6 is 0 Å². The van der Waals surface area contributed by atoms with E-state index >= 15 is 0 Å². The third-order valence-electron chi connectivity index (χ3n) is 5.24. The molecule has 3 amide bonds. The van der Waals surface area contributed by atoms with Crippen LogP contribution in [-0.2, 0) is 9.59 Å². The van der Waals surface area contributed by atoms with E-state index < -0.39 is 11.9 Å². The number of unbranched alkanes of at least 4 members (excludes halogenated alkanes) is 2. The highest BCUT2D eigenvalue weighted by Crippen LogP contribution is 2.31. The van der Waals surface area contributed by atoms with Gasteiger partial charge in [0.25, 0.3) is 0 Å². The molecule has 0 saturated heterocycles. The molecule has 0 radical (unpaired) electrons. The molecule has 0 spiro atoms. The van der Waals surface area contributed by atoms with Crippen molar-refractivity contribution in [1.82, 2.24) is 26.4 Å². The summed E-state index contributed by atoms with van der Waals surface area (Å²) in [7, 11) is 3.07. The SMILES string of the molecule is CNC(=O)C(NNCCCCCN(CC=O)C(=O)NC)c1ccc(F)c(OCC2CC2)c1. The summed E-state index contributed by atoms with van der Waals surface area (Å²) in [4.78, 5) is 36.1. The lowest BCUT2D eigenvalue weighted by molar-refractivity contribution is -0.123. The molecule has 178 valence electrons. The van der Waals surface area contributed by atoms with Crippen molar-refractivity contribution in [3.63, 3.8) is 0 Å². The first-order valence-electron chi connectivity index (χ1n) is 11.0. The first kappa shape index (κ1) is 25.5. The average Bonchev–Trinajstić information content (AvgIpc) is 3.63. The Kier molecular flexibility index (Phi) is 10.9. The van der Waals surface area contributed by atoms with Crippen molar-refractivity contribution in [3.05, 3.63) is 29.6 Å². The largest absolute Gasteiger partial charge is 0.490 e. The summed E-state index contributed by atoms with van der Waals surface area (Å²) >= 11 is 0. The van der Waals surface area contributed by atoms with E-state index in [1.165, 1.54) is 18.0 Å². The maximum Gasteiger partial charge on any atom is 0.317 e. The number of urea groups is 1. The second-order valence-electron chi connectivity index (χ2n) is 7.79. The molecule has 4 N–H and O–H groups in total. The maximum absolute atomic E-state index is 14.1.